The summed E-state index contributed by atoms with van der Waals surface area (Å²) in [6.45, 7) is 0.119. The van der Waals surface area contributed by atoms with Crippen molar-refractivity contribution in [1.29, 1.82) is 0 Å². The van der Waals surface area contributed by atoms with Crippen LogP contribution in [0.25, 0.3) is 10.1 Å². The molecule has 1 amide bonds. The standard InChI is InChI=1S/C16H11F2NOS/c17-12-5-6-14-11(7-12)8-15(21-14)16(20)19-9-10-3-1-2-4-13(10)18/h1-8H,9H2,(H,19,20). The average molecular weight is 303 g/mol. The molecule has 0 bridgehead atoms. The first-order chi connectivity index (χ1) is 10.1. The number of carbonyl (C=O) groups excluding carboxylic acids is 1. The molecule has 0 fully saturated rings. The Morgan fingerprint density at radius 2 is 1.90 bits per heavy atom. The summed E-state index contributed by atoms with van der Waals surface area (Å²) < 4.78 is 27.4. The number of rotatable bonds is 3. The zero-order valence-corrected chi connectivity index (χ0v) is 11.7. The minimum atomic E-state index is -0.351. The zero-order valence-electron chi connectivity index (χ0n) is 10.9. The fourth-order valence-electron chi connectivity index (χ4n) is 2.03. The third-order valence-electron chi connectivity index (χ3n) is 3.10. The van der Waals surface area contributed by atoms with E-state index in [1.54, 1.807) is 30.3 Å². The quantitative estimate of drug-likeness (QED) is 0.775. The van der Waals surface area contributed by atoms with Crippen LogP contribution in [0, 0.1) is 11.6 Å². The summed E-state index contributed by atoms with van der Waals surface area (Å²) in [7, 11) is 0. The summed E-state index contributed by atoms with van der Waals surface area (Å²) in [4.78, 5) is 12.5. The van der Waals surface area contributed by atoms with E-state index >= 15 is 0 Å². The van der Waals surface area contributed by atoms with Crippen molar-refractivity contribution in [3.05, 3.63) is 70.6 Å². The Bertz CT molecular complexity index is 813. The van der Waals surface area contributed by atoms with Gasteiger partial charge in [0, 0.05) is 16.8 Å². The summed E-state index contributed by atoms with van der Waals surface area (Å²) in [5.41, 5.74) is 0.429. The van der Waals surface area contributed by atoms with Crippen LogP contribution >= 0.6 is 11.3 Å². The summed E-state index contributed by atoms with van der Waals surface area (Å²) >= 11 is 1.28. The average Bonchev–Trinajstić information content (AvgIpc) is 2.89. The zero-order chi connectivity index (χ0) is 14.8. The molecule has 1 heterocycles. The molecule has 3 rings (SSSR count). The van der Waals surface area contributed by atoms with E-state index in [0.29, 0.717) is 15.8 Å². The number of hydrogen-bond donors (Lipinski definition) is 1. The van der Waals surface area contributed by atoms with Crippen LogP contribution in [0.5, 0.6) is 0 Å². The van der Waals surface area contributed by atoms with Crippen molar-refractivity contribution < 1.29 is 13.6 Å². The molecule has 1 aromatic heterocycles. The Kier molecular flexibility index (Phi) is 3.66. The van der Waals surface area contributed by atoms with E-state index in [-0.39, 0.29) is 24.1 Å². The van der Waals surface area contributed by atoms with Gasteiger partial charge in [0.25, 0.3) is 5.91 Å². The molecular weight excluding hydrogens is 292 g/mol. The molecule has 21 heavy (non-hydrogen) atoms. The molecule has 2 aromatic carbocycles. The molecule has 0 aliphatic heterocycles. The number of carbonyl (C=O) groups is 1. The second-order valence-corrected chi connectivity index (χ2v) is 5.65. The van der Waals surface area contributed by atoms with Crippen LogP contribution < -0.4 is 5.32 Å². The van der Waals surface area contributed by atoms with Crippen LogP contribution in [0.1, 0.15) is 15.2 Å². The Hall–Kier alpha value is -2.27. The van der Waals surface area contributed by atoms with Gasteiger partial charge >= 0.3 is 0 Å². The van der Waals surface area contributed by atoms with Crippen LogP contribution in [0.15, 0.2) is 48.5 Å². The lowest BCUT2D eigenvalue weighted by molar-refractivity contribution is 0.0954. The van der Waals surface area contributed by atoms with Crippen molar-refractivity contribution in [2.24, 2.45) is 0 Å². The second-order valence-electron chi connectivity index (χ2n) is 4.57. The molecule has 0 radical (unpaired) electrons. The molecule has 5 heteroatoms. The maximum atomic E-state index is 13.5. The first-order valence-electron chi connectivity index (χ1n) is 6.34. The molecular formula is C16H11F2NOS. The first-order valence-corrected chi connectivity index (χ1v) is 7.16. The van der Waals surface area contributed by atoms with Crippen LogP contribution in [-0.4, -0.2) is 5.91 Å². The van der Waals surface area contributed by atoms with Crippen molar-refractivity contribution in [1.82, 2.24) is 5.32 Å². The molecule has 2 nitrogen and oxygen atoms in total. The predicted molar refractivity (Wildman–Crippen MR) is 79.4 cm³/mol. The van der Waals surface area contributed by atoms with Crippen LogP contribution in [-0.2, 0) is 6.54 Å². The van der Waals surface area contributed by atoms with Crippen LogP contribution in [0.4, 0.5) is 8.78 Å². The van der Waals surface area contributed by atoms with Crippen molar-refractivity contribution in [3.8, 4) is 0 Å². The highest BCUT2D eigenvalue weighted by Crippen LogP contribution is 2.26. The number of thiophene rings is 1. The first kappa shape index (κ1) is 13.7. The Balaban J connectivity index is 1.76. The summed E-state index contributed by atoms with van der Waals surface area (Å²) in [6.07, 6.45) is 0. The Morgan fingerprint density at radius 1 is 1.10 bits per heavy atom. The Labute approximate surface area is 124 Å². The van der Waals surface area contributed by atoms with Gasteiger partial charge in [-0.2, -0.15) is 0 Å². The van der Waals surface area contributed by atoms with Crippen molar-refractivity contribution in [2.75, 3.05) is 0 Å². The highest BCUT2D eigenvalue weighted by Gasteiger charge is 2.11. The van der Waals surface area contributed by atoms with E-state index in [9.17, 15) is 13.6 Å². The molecule has 0 atom stereocenters. The van der Waals surface area contributed by atoms with Gasteiger partial charge < -0.3 is 5.32 Å². The van der Waals surface area contributed by atoms with E-state index in [1.165, 1.54) is 29.5 Å². The van der Waals surface area contributed by atoms with Crippen molar-refractivity contribution in [2.45, 2.75) is 6.54 Å². The van der Waals surface area contributed by atoms with Crippen molar-refractivity contribution >= 4 is 27.3 Å². The van der Waals surface area contributed by atoms with Gasteiger partial charge in [-0.05, 0) is 35.7 Å². The monoisotopic (exact) mass is 303 g/mol. The molecule has 1 N–H and O–H groups in total. The molecule has 0 saturated carbocycles. The van der Waals surface area contributed by atoms with Gasteiger partial charge in [-0.15, -0.1) is 11.3 Å². The Morgan fingerprint density at radius 3 is 2.71 bits per heavy atom. The third-order valence-corrected chi connectivity index (χ3v) is 4.21. The number of halogens is 2. The second kappa shape index (κ2) is 5.61. The molecule has 0 aliphatic rings. The number of nitrogens with one attached hydrogen (secondary N) is 1. The fraction of sp³-hybridized carbons (Fsp3) is 0.0625. The number of benzene rings is 2. The molecule has 0 saturated heterocycles. The lowest BCUT2D eigenvalue weighted by Crippen LogP contribution is -2.22. The van der Waals surface area contributed by atoms with Gasteiger partial charge in [-0.1, -0.05) is 18.2 Å². The van der Waals surface area contributed by atoms with Gasteiger partial charge in [0.2, 0.25) is 0 Å². The van der Waals surface area contributed by atoms with Gasteiger partial charge in [-0.25, -0.2) is 8.78 Å². The maximum absolute atomic E-state index is 13.5. The topological polar surface area (TPSA) is 29.1 Å². The number of fused-ring (bicyclic) bond motifs is 1. The minimum Gasteiger partial charge on any atom is -0.347 e. The summed E-state index contributed by atoms with van der Waals surface area (Å²) in [6, 6.07) is 12.3. The smallest absolute Gasteiger partial charge is 0.261 e. The minimum absolute atomic E-state index is 0.119. The van der Waals surface area contributed by atoms with E-state index < -0.39 is 0 Å². The van der Waals surface area contributed by atoms with Crippen LogP contribution in [0.2, 0.25) is 0 Å². The van der Waals surface area contributed by atoms with Gasteiger partial charge in [0.15, 0.2) is 0 Å². The molecule has 3 aromatic rings. The van der Waals surface area contributed by atoms with E-state index in [1.807, 2.05) is 0 Å². The van der Waals surface area contributed by atoms with E-state index in [0.717, 1.165) is 4.70 Å². The fourth-order valence-corrected chi connectivity index (χ4v) is 2.99. The SMILES string of the molecule is O=C(NCc1ccccc1F)c1cc2cc(F)ccc2s1. The van der Waals surface area contributed by atoms with Gasteiger partial charge in [0.05, 0.1) is 4.88 Å². The summed E-state index contributed by atoms with van der Waals surface area (Å²) in [5.74, 6) is -0.977. The highest BCUT2D eigenvalue weighted by molar-refractivity contribution is 7.20. The largest absolute Gasteiger partial charge is 0.347 e. The number of hydrogen-bond acceptors (Lipinski definition) is 2. The predicted octanol–water partition coefficient (Wildman–Crippen LogP) is 4.11. The van der Waals surface area contributed by atoms with Crippen LogP contribution in [0.3, 0.4) is 0 Å². The maximum Gasteiger partial charge on any atom is 0.261 e. The van der Waals surface area contributed by atoms with Crippen molar-refractivity contribution in [3.63, 3.8) is 0 Å². The molecule has 0 spiro atoms. The third kappa shape index (κ3) is 2.92. The lowest BCUT2D eigenvalue weighted by Gasteiger charge is -2.04. The molecule has 106 valence electrons. The van der Waals surface area contributed by atoms with Gasteiger partial charge in [0.1, 0.15) is 11.6 Å². The molecule has 0 aliphatic carbocycles. The highest BCUT2D eigenvalue weighted by atomic mass is 32.1. The van der Waals surface area contributed by atoms with Gasteiger partial charge in [-0.3, -0.25) is 4.79 Å². The van der Waals surface area contributed by atoms with E-state index in [4.69, 9.17) is 0 Å². The molecule has 0 unspecified atom stereocenters. The lowest BCUT2D eigenvalue weighted by atomic mass is 10.2. The normalized spacial score (nSPS) is 10.8. The number of amides is 1. The summed E-state index contributed by atoms with van der Waals surface area (Å²) in [5, 5.41) is 3.36. The van der Waals surface area contributed by atoms with E-state index in [2.05, 4.69) is 5.32 Å².